The zero-order valence-corrected chi connectivity index (χ0v) is 14.1. The van der Waals surface area contributed by atoms with E-state index in [4.69, 9.17) is 4.74 Å². The number of nitrogens with zero attached hydrogens (tertiary/aromatic N) is 2. The van der Waals surface area contributed by atoms with Crippen LogP contribution in [-0.4, -0.2) is 62.1 Å². The highest BCUT2D eigenvalue weighted by Gasteiger charge is 2.27. The first kappa shape index (κ1) is 17.7. The number of rotatable bonds is 4. The molecule has 1 saturated heterocycles. The topological polar surface area (TPSA) is 66.9 Å². The van der Waals surface area contributed by atoms with E-state index < -0.39 is 16.1 Å². The summed E-state index contributed by atoms with van der Waals surface area (Å²) < 4.78 is 42.9. The number of hydrogen-bond acceptors (Lipinski definition) is 4. The number of hydrogen-bond donors (Lipinski definition) is 0. The predicted octanol–water partition coefficient (Wildman–Crippen LogP) is 1.09. The minimum absolute atomic E-state index is 0.204. The van der Waals surface area contributed by atoms with Crippen LogP contribution in [0.25, 0.3) is 0 Å². The Morgan fingerprint density at radius 1 is 1.17 bits per heavy atom. The van der Waals surface area contributed by atoms with Gasteiger partial charge < -0.3 is 9.64 Å². The second-order valence-electron chi connectivity index (χ2n) is 5.55. The predicted molar refractivity (Wildman–Crippen MR) is 84.1 cm³/mol. The molecule has 0 N–H and O–H groups in total. The van der Waals surface area contributed by atoms with Crippen LogP contribution in [0.5, 0.6) is 5.75 Å². The van der Waals surface area contributed by atoms with E-state index in [-0.39, 0.29) is 18.3 Å². The summed E-state index contributed by atoms with van der Waals surface area (Å²) in [6, 6.07) is 5.46. The summed E-state index contributed by atoms with van der Waals surface area (Å²) in [7, 11) is -3.24. The molecular formula is C15H21FN2O4S. The molecule has 0 aromatic heterocycles. The summed E-state index contributed by atoms with van der Waals surface area (Å²) in [4.78, 5) is 14.0. The molecule has 1 atom stereocenters. The standard InChI is InChI=1S/C15H21FN2O4S/c1-12(22-14-6-4-13(16)5-7-14)15(19)17-8-3-9-18(11-10-17)23(2,20)21/h4-7,12H,3,8-11H2,1-2H3/t12-/m0/s1. The fourth-order valence-electron chi connectivity index (χ4n) is 2.47. The van der Waals surface area contributed by atoms with Gasteiger partial charge in [-0.1, -0.05) is 0 Å². The van der Waals surface area contributed by atoms with Gasteiger partial charge in [0.15, 0.2) is 6.10 Å². The van der Waals surface area contributed by atoms with E-state index in [0.29, 0.717) is 31.8 Å². The van der Waals surface area contributed by atoms with Crippen molar-refractivity contribution in [2.45, 2.75) is 19.4 Å². The SMILES string of the molecule is C[C@H](Oc1ccc(F)cc1)C(=O)N1CCCN(S(C)(=O)=O)CC1. The van der Waals surface area contributed by atoms with Gasteiger partial charge in [-0.15, -0.1) is 0 Å². The van der Waals surface area contributed by atoms with Gasteiger partial charge in [0, 0.05) is 26.2 Å². The van der Waals surface area contributed by atoms with Gasteiger partial charge in [0.1, 0.15) is 11.6 Å². The normalized spacial score (nSPS) is 18.3. The van der Waals surface area contributed by atoms with Gasteiger partial charge in [-0.3, -0.25) is 4.79 Å². The molecule has 6 nitrogen and oxygen atoms in total. The summed E-state index contributed by atoms with van der Waals surface area (Å²) in [5, 5.41) is 0. The summed E-state index contributed by atoms with van der Waals surface area (Å²) in [5.41, 5.74) is 0. The highest BCUT2D eigenvalue weighted by molar-refractivity contribution is 7.88. The first-order valence-corrected chi connectivity index (χ1v) is 9.28. The zero-order valence-electron chi connectivity index (χ0n) is 13.2. The summed E-state index contributed by atoms with van der Waals surface area (Å²) in [6.45, 7) is 3.15. The summed E-state index contributed by atoms with van der Waals surface area (Å²) >= 11 is 0. The van der Waals surface area contributed by atoms with Gasteiger partial charge in [-0.05, 0) is 37.6 Å². The Balaban J connectivity index is 1.95. The van der Waals surface area contributed by atoms with E-state index in [9.17, 15) is 17.6 Å². The molecule has 0 bridgehead atoms. The van der Waals surface area contributed by atoms with Crippen molar-refractivity contribution in [2.75, 3.05) is 32.4 Å². The average Bonchev–Trinajstić information content (AvgIpc) is 2.74. The molecule has 1 aliphatic rings. The van der Waals surface area contributed by atoms with E-state index in [1.165, 1.54) is 34.8 Å². The van der Waals surface area contributed by atoms with Crippen molar-refractivity contribution in [1.29, 1.82) is 0 Å². The minimum atomic E-state index is -3.24. The number of carbonyl (C=O) groups excluding carboxylic acids is 1. The molecule has 0 spiro atoms. The van der Waals surface area contributed by atoms with E-state index in [1.807, 2.05) is 0 Å². The van der Waals surface area contributed by atoms with Crippen molar-refractivity contribution in [2.24, 2.45) is 0 Å². The van der Waals surface area contributed by atoms with Crippen LogP contribution in [0, 0.1) is 5.82 Å². The van der Waals surface area contributed by atoms with Crippen molar-refractivity contribution in [1.82, 2.24) is 9.21 Å². The zero-order chi connectivity index (χ0) is 17.0. The van der Waals surface area contributed by atoms with Gasteiger partial charge in [-0.25, -0.2) is 17.1 Å². The first-order chi connectivity index (χ1) is 10.8. The quantitative estimate of drug-likeness (QED) is 0.820. The maximum absolute atomic E-state index is 12.9. The van der Waals surface area contributed by atoms with Crippen molar-refractivity contribution in [3.05, 3.63) is 30.1 Å². The lowest BCUT2D eigenvalue weighted by molar-refractivity contribution is -0.137. The Morgan fingerprint density at radius 3 is 2.43 bits per heavy atom. The number of benzene rings is 1. The van der Waals surface area contributed by atoms with Crippen molar-refractivity contribution in [3.63, 3.8) is 0 Å². The monoisotopic (exact) mass is 344 g/mol. The van der Waals surface area contributed by atoms with E-state index in [0.717, 1.165) is 0 Å². The van der Waals surface area contributed by atoms with Crippen molar-refractivity contribution in [3.8, 4) is 5.75 Å². The molecule has 1 aromatic rings. The molecule has 23 heavy (non-hydrogen) atoms. The Hall–Kier alpha value is -1.67. The smallest absolute Gasteiger partial charge is 0.263 e. The molecule has 128 valence electrons. The Kier molecular flexibility index (Phi) is 5.59. The fourth-order valence-corrected chi connectivity index (χ4v) is 3.34. The van der Waals surface area contributed by atoms with Crippen LogP contribution >= 0.6 is 0 Å². The number of sulfonamides is 1. The second kappa shape index (κ2) is 7.27. The van der Waals surface area contributed by atoms with Gasteiger partial charge >= 0.3 is 0 Å². The third kappa shape index (κ3) is 4.90. The van der Waals surface area contributed by atoms with Crippen LogP contribution in [0.3, 0.4) is 0 Å². The van der Waals surface area contributed by atoms with Crippen LogP contribution in [0.15, 0.2) is 24.3 Å². The maximum atomic E-state index is 12.9. The number of ether oxygens (including phenoxy) is 1. The number of carbonyl (C=O) groups is 1. The van der Waals surface area contributed by atoms with Crippen LogP contribution in [0.1, 0.15) is 13.3 Å². The molecule has 1 heterocycles. The maximum Gasteiger partial charge on any atom is 0.263 e. The molecule has 2 rings (SSSR count). The van der Waals surface area contributed by atoms with E-state index in [1.54, 1.807) is 11.8 Å². The Bertz CT molecular complexity index is 648. The number of halogens is 1. The summed E-state index contributed by atoms with van der Waals surface area (Å²) in [6.07, 6.45) is 1.04. The fraction of sp³-hybridized carbons (Fsp3) is 0.533. The van der Waals surface area contributed by atoms with E-state index in [2.05, 4.69) is 0 Å². The molecule has 8 heteroatoms. The number of amides is 1. The van der Waals surface area contributed by atoms with Crippen LogP contribution in [-0.2, 0) is 14.8 Å². The lowest BCUT2D eigenvalue weighted by Crippen LogP contribution is -2.42. The Labute approximate surface area is 135 Å². The van der Waals surface area contributed by atoms with Crippen molar-refractivity contribution >= 4 is 15.9 Å². The largest absolute Gasteiger partial charge is 0.481 e. The van der Waals surface area contributed by atoms with Gasteiger partial charge in [0.25, 0.3) is 5.91 Å². The molecule has 1 amide bonds. The molecular weight excluding hydrogens is 323 g/mol. The van der Waals surface area contributed by atoms with Gasteiger partial charge in [-0.2, -0.15) is 0 Å². The molecule has 1 aromatic carbocycles. The first-order valence-electron chi connectivity index (χ1n) is 7.43. The molecule has 0 radical (unpaired) electrons. The van der Waals surface area contributed by atoms with Gasteiger partial charge in [0.05, 0.1) is 6.26 Å². The highest BCUT2D eigenvalue weighted by Crippen LogP contribution is 2.15. The molecule has 1 fully saturated rings. The Morgan fingerprint density at radius 2 is 1.83 bits per heavy atom. The van der Waals surface area contributed by atoms with Crippen LogP contribution in [0.4, 0.5) is 4.39 Å². The highest BCUT2D eigenvalue weighted by atomic mass is 32.2. The third-order valence-corrected chi connectivity index (χ3v) is 5.01. The van der Waals surface area contributed by atoms with Crippen LogP contribution < -0.4 is 4.74 Å². The van der Waals surface area contributed by atoms with Crippen LogP contribution in [0.2, 0.25) is 0 Å². The lowest BCUT2D eigenvalue weighted by Gasteiger charge is -2.24. The van der Waals surface area contributed by atoms with Gasteiger partial charge in [0.2, 0.25) is 10.0 Å². The molecule has 1 aliphatic heterocycles. The molecule has 0 unspecified atom stereocenters. The summed E-state index contributed by atoms with van der Waals surface area (Å²) in [5.74, 6) is -0.158. The molecule has 0 saturated carbocycles. The third-order valence-electron chi connectivity index (χ3n) is 3.71. The van der Waals surface area contributed by atoms with E-state index >= 15 is 0 Å². The average molecular weight is 344 g/mol. The molecule has 0 aliphatic carbocycles. The lowest BCUT2D eigenvalue weighted by atomic mass is 10.3. The van der Waals surface area contributed by atoms with Crippen molar-refractivity contribution < 1.29 is 22.3 Å². The minimum Gasteiger partial charge on any atom is -0.481 e. The second-order valence-corrected chi connectivity index (χ2v) is 7.54.